The van der Waals surface area contributed by atoms with Crippen LogP contribution in [-0.2, 0) is 0 Å². The maximum atomic E-state index is 11.7. The number of hydrogen-bond acceptors (Lipinski definition) is 3. The Morgan fingerprint density at radius 2 is 1.71 bits per heavy atom. The van der Waals surface area contributed by atoms with Crippen molar-refractivity contribution in [3.05, 3.63) is 29.8 Å². The van der Waals surface area contributed by atoms with Crippen molar-refractivity contribution < 1.29 is 14.3 Å². The number of ketones is 1. The molecule has 1 amide bonds. The molecule has 0 aliphatic carbocycles. The van der Waals surface area contributed by atoms with Crippen LogP contribution >= 0.6 is 0 Å². The minimum atomic E-state index is -0.307. The average Bonchev–Trinajstić information content (AvgIpc) is 2.83. The fourth-order valence-electron chi connectivity index (χ4n) is 1.82. The summed E-state index contributed by atoms with van der Waals surface area (Å²) in [4.78, 5) is 24.4. The molecule has 1 heterocycles. The van der Waals surface area contributed by atoms with Gasteiger partial charge in [0.15, 0.2) is 5.78 Å². The van der Waals surface area contributed by atoms with Crippen LogP contribution < -0.4 is 4.74 Å². The highest BCUT2D eigenvalue weighted by Gasteiger charge is 2.19. The van der Waals surface area contributed by atoms with E-state index in [1.54, 1.807) is 29.2 Å². The highest BCUT2D eigenvalue weighted by molar-refractivity contribution is 5.94. The molecule has 1 aromatic carbocycles. The molecule has 1 saturated heterocycles. The van der Waals surface area contributed by atoms with E-state index in [9.17, 15) is 9.59 Å². The zero-order valence-corrected chi connectivity index (χ0v) is 9.81. The highest BCUT2D eigenvalue weighted by atomic mass is 16.6. The molecule has 0 saturated carbocycles. The van der Waals surface area contributed by atoms with E-state index in [1.807, 2.05) is 0 Å². The van der Waals surface area contributed by atoms with E-state index >= 15 is 0 Å². The van der Waals surface area contributed by atoms with Gasteiger partial charge >= 0.3 is 6.09 Å². The van der Waals surface area contributed by atoms with Gasteiger partial charge in [0.1, 0.15) is 5.75 Å². The smallest absolute Gasteiger partial charge is 0.410 e. The first-order valence-corrected chi connectivity index (χ1v) is 5.74. The summed E-state index contributed by atoms with van der Waals surface area (Å²) < 4.78 is 5.21. The van der Waals surface area contributed by atoms with Crippen molar-refractivity contribution in [2.75, 3.05) is 13.1 Å². The molecule has 0 bridgehead atoms. The number of nitrogens with zero attached hydrogens (tertiary/aromatic N) is 1. The van der Waals surface area contributed by atoms with Gasteiger partial charge in [-0.05, 0) is 44.0 Å². The highest BCUT2D eigenvalue weighted by Crippen LogP contribution is 2.15. The van der Waals surface area contributed by atoms with Crippen molar-refractivity contribution in [3.8, 4) is 5.75 Å². The lowest BCUT2D eigenvalue weighted by Crippen LogP contribution is -2.30. The van der Waals surface area contributed by atoms with Crippen LogP contribution in [0.1, 0.15) is 30.1 Å². The van der Waals surface area contributed by atoms with Crippen molar-refractivity contribution >= 4 is 11.9 Å². The largest absolute Gasteiger partial charge is 0.415 e. The maximum Gasteiger partial charge on any atom is 0.415 e. The summed E-state index contributed by atoms with van der Waals surface area (Å²) in [6.45, 7) is 3.04. The third kappa shape index (κ3) is 2.84. The zero-order chi connectivity index (χ0) is 12.3. The molecule has 1 fully saturated rings. The van der Waals surface area contributed by atoms with Crippen molar-refractivity contribution in [1.82, 2.24) is 4.90 Å². The number of ether oxygens (including phenoxy) is 1. The first-order valence-electron chi connectivity index (χ1n) is 5.74. The molecule has 1 aliphatic heterocycles. The second-order valence-electron chi connectivity index (χ2n) is 4.14. The van der Waals surface area contributed by atoms with Crippen LogP contribution in [0.4, 0.5) is 4.79 Å². The van der Waals surface area contributed by atoms with Crippen LogP contribution in [0.25, 0.3) is 0 Å². The van der Waals surface area contributed by atoms with Crippen molar-refractivity contribution in [1.29, 1.82) is 0 Å². The Hall–Kier alpha value is -1.84. The van der Waals surface area contributed by atoms with Gasteiger partial charge in [0.25, 0.3) is 0 Å². The second-order valence-corrected chi connectivity index (χ2v) is 4.14. The summed E-state index contributed by atoms with van der Waals surface area (Å²) in [7, 11) is 0. The van der Waals surface area contributed by atoms with Gasteiger partial charge in [-0.3, -0.25) is 4.79 Å². The van der Waals surface area contributed by atoms with Crippen molar-refractivity contribution in [2.45, 2.75) is 19.8 Å². The first-order chi connectivity index (χ1) is 8.16. The molecular formula is C13H15NO3. The van der Waals surface area contributed by atoms with E-state index in [-0.39, 0.29) is 11.9 Å². The number of benzene rings is 1. The molecule has 1 aliphatic rings. The molecule has 1 aromatic rings. The van der Waals surface area contributed by atoms with Crippen LogP contribution in [0.2, 0.25) is 0 Å². The zero-order valence-electron chi connectivity index (χ0n) is 9.81. The fraction of sp³-hybridized carbons (Fsp3) is 0.385. The Bertz CT molecular complexity index is 419. The lowest BCUT2D eigenvalue weighted by Gasteiger charge is -2.14. The normalized spacial score (nSPS) is 14.8. The third-order valence-corrected chi connectivity index (χ3v) is 2.83. The molecule has 17 heavy (non-hydrogen) atoms. The fourth-order valence-corrected chi connectivity index (χ4v) is 1.82. The SMILES string of the molecule is CC(=O)c1ccc(OC(=O)N2CCCC2)cc1. The van der Waals surface area contributed by atoms with Gasteiger partial charge in [-0.2, -0.15) is 0 Å². The number of hydrogen-bond donors (Lipinski definition) is 0. The van der Waals surface area contributed by atoms with E-state index in [0.29, 0.717) is 11.3 Å². The number of Topliss-reactive ketones (excluding diaryl/α,β-unsaturated/α-hetero) is 1. The van der Waals surface area contributed by atoms with E-state index < -0.39 is 0 Å². The average molecular weight is 233 g/mol. The quantitative estimate of drug-likeness (QED) is 0.737. The van der Waals surface area contributed by atoms with Gasteiger partial charge < -0.3 is 9.64 Å². The number of carbonyl (C=O) groups excluding carboxylic acids is 2. The Morgan fingerprint density at radius 1 is 1.12 bits per heavy atom. The summed E-state index contributed by atoms with van der Waals surface area (Å²) in [6.07, 6.45) is 1.77. The number of rotatable bonds is 2. The molecule has 0 radical (unpaired) electrons. The summed E-state index contributed by atoms with van der Waals surface area (Å²) >= 11 is 0. The van der Waals surface area contributed by atoms with Crippen LogP contribution in [0.15, 0.2) is 24.3 Å². The van der Waals surface area contributed by atoms with Gasteiger partial charge in [-0.25, -0.2) is 4.79 Å². The molecule has 4 heteroatoms. The monoisotopic (exact) mass is 233 g/mol. The summed E-state index contributed by atoms with van der Waals surface area (Å²) in [5, 5.41) is 0. The van der Waals surface area contributed by atoms with Crippen LogP contribution in [0.3, 0.4) is 0 Å². The molecule has 0 aromatic heterocycles. The van der Waals surface area contributed by atoms with Crippen LogP contribution in [-0.4, -0.2) is 29.9 Å². The van der Waals surface area contributed by atoms with E-state index in [2.05, 4.69) is 0 Å². The molecule has 0 N–H and O–H groups in total. The van der Waals surface area contributed by atoms with Crippen LogP contribution in [0.5, 0.6) is 5.75 Å². The van der Waals surface area contributed by atoms with Gasteiger partial charge in [0.05, 0.1) is 0 Å². The number of amides is 1. The molecule has 4 nitrogen and oxygen atoms in total. The molecule has 90 valence electrons. The Balaban J connectivity index is 1.98. The van der Waals surface area contributed by atoms with Gasteiger partial charge in [-0.15, -0.1) is 0 Å². The number of carbonyl (C=O) groups is 2. The number of likely N-dealkylation sites (tertiary alicyclic amines) is 1. The Morgan fingerprint density at radius 3 is 2.24 bits per heavy atom. The van der Waals surface area contributed by atoms with Crippen LogP contribution in [0, 0.1) is 0 Å². The lowest BCUT2D eigenvalue weighted by atomic mass is 10.1. The van der Waals surface area contributed by atoms with Gasteiger partial charge in [0.2, 0.25) is 0 Å². The molecule has 0 unspecified atom stereocenters. The van der Waals surface area contributed by atoms with E-state index in [4.69, 9.17) is 4.74 Å². The molecule has 0 atom stereocenters. The topological polar surface area (TPSA) is 46.6 Å². The summed E-state index contributed by atoms with van der Waals surface area (Å²) in [6, 6.07) is 6.61. The predicted molar refractivity (Wildman–Crippen MR) is 63.3 cm³/mol. The van der Waals surface area contributed by atoms with Crippen molar-refractivity contribution in [3.63, 3.8) is 0 Å². The van der Waals surface area contributed by atoms with Gasteiger partial charge in [-0.1, -0.05) is 0 Å². The Labute approximate surface area is 100 Å². The first kappa shape index (κ1) is 11.6. The van der Waals surface area contributed by atoms with Gasteiger partial charge in [0, 0.05) is 18.7 Å². The molecular weight excluding hydrogens is 218 g/mol. The third-order valence-electron chi connectivity index (χ3n) is 2.83. The Kier molecular flexibility index (Phi) is 3.42. The second kappa shape index (κ2) is 4.99. The van der Waals surface area contributed by atoms with E-state index in [0.717, 1.165) is 25.9 Å². The minimum Gasteiger partial charge on any atom is -0.410 e. The standard InChI is InChI=1S/C13H15NO3/c1-10(15)11-4-6-12(7-5-11)17-13(16)14-8-2-3-9-14/h4-7H,2-3,8-9H2,1H3. The predicted octanol–water partition coefficient (Wildman–Crippen LogP) is 2.48. The lowest BCUT2D eigenvalue weighted by molar-refractivity contribution is 0.101. The minimum absolute atomic E-state index is 0.00224. The summed E-state index contributed by atoms with van der Waals surface area (Å²) in [5.41, 5.74) is 0.617. The van der Waals surface area contributed by atoms with E-state index in [1.165, 1.54) is 6.92 Å². The maximum absolute atomic E-state index is 11.7. The molecule has 0 spiro atoms. The van der Waals surface area contributed by atoms with Crippen molar-refractivity contribution in [2.24, 2.45) is 0 Å². The molecule has 2 rings (SSSR count). The summed E-state index contributed by atoms with van der Waals surface area (Å²) in [5.74, 6) is 0.481.